The maximum atomic E-state index is 13.3. The summed E-state index contributed by atoms with van der Waals surface area (Å²) in [6.45, 7) is 0.600. The molecule has 0 saturated heterocycles. The molecule has 0 fully saturated rings. The predicted octanol–water partition coefficient (Wildman–Crippen LogP) is 3.86. The lowest BCUT2D eigenvalue weighted by molar-refractivity contribution is 0.0945. The van der Waals surface area contributed by atoms with Crippen molar-refractivity contribution in [2.45, 2.75) is 25.2 Å². The summed E-state index contributed by atoms with van der Waals surface area (Å²) < 4.78 is 14.9. The maximum absolute atomic E-state index is 13.3. The van der Waals surface area contributed by atoms with E-state index in [9.17, 15) is 9.18 Å². The van der Waals surface area contributed by atoms with Gasteiger partial charge in [0.1, 0.15) is 5.82 Å². The Morgan fingerprint density at radius 1 is 1.19 bits per heavy atom. The Hall–Kier alpha value is -2.95. The summed E-state index contributed by atoms with van der Waals surface area (Å²) in [6.07, 6.45) is 5.00. The lowest BCUT2D eigenvalue weighted by Gasteiger charge is -2.25. The van der Waals surface area contributed by atoms with Crippen LogP contribution < -0.4 is 5.32 Å². The van der Waals surface area contributed by atoms with Gasteiger partial charge in [-0.1, -0.05) is 30.3 Å². The van der Waals surface area contributed by atoms with Crippen LogP contribution in [-0.4, -0.2) is 22.2 Å². The molecule has 1 heterocycles. The van der Waals surface area contributed by atoms with Gasteiger partial charge in [-0.05, 0) is 54.7 Å². The number of hydrogen-bond acceptors (Lipinski definition) is 2. The molecule has 0 spiro atoms. The Bertz CT molecular complexity index is 934. The molecule has 1 aromatic heterocycles. The molecule has 3 aromatic rings. The Balaban J connectivity index is 1.44. The number of hydrogen-bond donors (Lipinski definition) is 1. The van der Waals surface area contributed by atoms with E-state index in [4.69, 9.17) is 0 Å². The molecule has 0 saturated carbocycles. The summed E-state index contributed by atoms with van der Waals surface area (Å²) in [4.78, 5) is 12.4. The number of aryl methyl sites for hydroxylation is 1. The van der Waals surface area contributed by atoms with Crippen molar-refractivity contribution in [1.29, 1.82) is 0 Å². The van der Waals surface area contributed by atoms with E-state index in [0.717, 1.165) is 19.3 Å². The van der Waals surface area contributed by atoms with Crippen LogP contribution in [0.3, 0.4) is 0 Å². The number of carbonyl (C=O) groups excluding carboxylic acids is 1. The zero-order chi connectivity index (χ0) is 17.9. The van der Waals surface area contributed by atoms with Gasteiger partial charge in [-0.15, -0.1) is 0 Å². The smallest absolute Gasteiger partial charge is 0.271 e. The zero-order valence-corrected chi connectivity index (χ0v) is 14.4. The van der Waals surface area contributed by atoms with E-state index in [2.05, 4.69) is 34.7 Å². The van der Waals surface area contributed by atoms with Gasteiger partial charge in [-0.25, -0.2) is 9.07 Å². The van der Waals surface area contributed by atoms with Crippen molar-refractivity contribution in [2.24, 2.45) is 0 Å². The number of carbonyl (C=O) groups is 1. The van der Waals surface area contributed by atoms with Crippen molar-refractivity contribution in [3.8, 4) is 5.69 Å². The van der Waals surface area contributed by atoms with Crippen LogP contribution in [-0.2, 0) is 6.42 Å². The first kappa shape index (κ1) is 16.5. The average molecular weight is 349 g/mol. The molecule has 26 heavy (non-hydrogen) atoms. The van der Waals surface area contributed by atoms with Gasteiger partial charge in [0, 0.05) is 18.7 Å². The molecule has 1 N–H and O–H groups in total. The van der Waals surface area contributed by atoms with E-state index in [1.54, 1.807) is 24.4 Å². The van der Waals surface area contributed by atoms with Crippen LogP contribution in [0.25, 0.3) is 5.69 Å². The quantitative estimate of drug-likeness (QED) is 0.777. The number of amides is 1. The third-order valence-corrected chi connectivity index (χ3v) is 4.90. The van der Waals surface area contributed by atoms with E-state index in [-0.39, 0.29) is 11.7 Å². The molecule has 4 rings (SSSR count). The fourth-order valence-electron chi connectivity index (χ4n) is 3.58. The second-order valence-corrected chi connectivity index (χ2v) is 6.62. The number of aromatic nitrogens is 2. The number of benzene rings is 2. The minimum Gasteiger partial charge on any atom is -0.350 e. The highest BCUT2D eigenvalue weighted by Crippen LogP contribution is 2.30. The van der Waals surface area contributed by atoms with Gasteiger partial charge >= 0.3 is 0 Å². The summed E-state index contributed by atoms with van der Waals surface area (Å²) in [5.41, 5.74) is 3.64. The number of rotatable bonds is 4. The highest BCUT2D eigenvalue weighted by Gasteiger charge is 2.21. The van der Waals surface area contributed by atoms with Crippen LogP contribution >= 0.6 is 0 Å². The Labute approximate surface area is 151 Å². The first-order valence-corrected chi connectivity index (χ1v) is 8.88. The second kappa shape index (κ2) is 7.12. The first-order chi connectivity index (χ1) is 12.7. The maximum Gasteiger partial charge on any atom is 0.271 e. The molecule has 4 nitrogen and oxygen atoms in total. The minimum absolute atomic E-state index is 0.205. The molecule has 5 heteroatoms. The van der Waals surface area contributed by atoms with Crippen LogP contribution in [0, 0.1) is 5.82 Å². The van der Waals surface area contributed by atoms with E-state index in [0.29, 0.717) is 23.8 Å². The van der Waals surface area contributed by atoms with E-state index >= 15 is 0 Å². The van der Waals surface area contributed by atoms with Gasteiger partial charge in [0.2, 0.25) is 0 Å². The fraction of sp³-hybridized carbons (Fsp3) is 0.238. The Morgan fingerprint density at radius 2 is 2.08 bits per heavy atom. The van der Waals surface area contributed by atoms with Crippen LogP contribution in [0.1, 0.15) is 40.4 Å². The normalized spacial score (nSPS) is 16.1. The van der Waals surface area contributed by atoms with Crippen molar-refractivity contribution < 1.29 is 9.18 Å². The van der Waals surface area contributed by atoms with E-state index in [1.165, 1.54) is 27.9 Å². The van der Waals surface area contributed by atoms with Crippen LogP contribution in [0.2, 0.25) is 0 Å². The van der Waals surface area contributed by atoms with Gasteiger partial charge in [-0.3, -0.25) is 4.79 Å². The number of nitrogens with zero attached hydrogens (tertiary/aromatic N) is 2. The Morgan fingerprint density at radius 3 is 2.96 bits per heavy atom. The highest BCUT2D eigenvalue weighted by molar-refractivity contribution is 5.92. The topological polar surface area (TPSA) is 46.9 Å². The summed E-state index contributed by atoms with van der Waals surface area (Å²) in [6, 6.07) is 16.2. The van der Waals surface area contributed by atoms with Gasteiger partial charge < -0.3 is 5.32 Å². The zero-order valence-electron chi connectivity index (χ0n) is 14.4. The number of halogens is 1. The first-order valence-electron chi connectivity index (χ1n) is 8.88. The van der Waals surface area contributed by atoms with E-state index < -0.39 is 0 Å². The SMILES string of the molecule is O=C(NC[C@@H]1CCCc2ccccc21)c1ccn(-c2cccc(F)c2)n1. The summed E-state index contributed by atoms with van der Waals surface area (Å²) in [5.74, 6) is -0.197. The third kappa shape index (κ3) is 3.38. The molecule has 1 atom stereocenters. The Kier molecular flexibility index (Phi) is 4.52. The lowest BCUT2D eigenvalue weighted by atomic mass is 9.83. The van der Waals surface area contributed by atoms with Crippen LogP contribution in [0.15, 0.2) is 60.8 Å². The van der Waals surface area contributed by atoms with Crippen LogP contribution in [0.4, 0.5) is 4.39 Å². The van der Waals surface area contributed by atoms with Crippen molar-refractivity contribution in [1.82, 2.24) is 15.1 Å². The monoisotopic (exact) mass is 349 g/mol. The van der Waals surface area contributed by atoms with Crippen LogP contribution in [0.5, 0.6) is 0 Å². The molecule has 0 radical (unpaired) electrons. The fourth-order valence-corrected chi connectivity index (χ4v) is 3.58. The predicted molar refractivity (Wildman–Crippen MR) is 98.0 cm³/mol. The average Bonchev–Trinajstić information content (AvgIpc) is 3.16. The standard InChI is InChI=1S/C21H20FN3O/c22-17-8-4-9-18(13-17)25-12-11-20(24-25)21(26)23-14-16-7-3-6-15-5-1-2-10-19(15)16/h1-2,4-5,8-13,16H,3,6-7,14H2,(H,23,26)/t16-/m0/s1. The second-order valence-electron chi connectivity index (χ2n) is 6.62. The third-order valence-electron chi connectivity index (χ3n) is 4.90. The van der Waals surface area contributed by atoms with Crippen molar-refractivity contribution in [3.63, 3.8) is 0 Å². The molecule has 0 bridgehead atoms. The van der Waals surface area contributed by atoms with Gasteiger partial charge in [-0.2, -0.15) is 5.10 Å². The summed E-state index contributed by atoms with van der Waals surface area (Å²) in [5, 5.41) is 7.26. The number of fused-ring (bicyclic) bond motifs is 1. The summed E-state index contributed by atoms with van der Waals surface area (Å²) >= 11 is 0. The van der Waals surface area contributed by atoms with E-state index in [1.807, 2.05) is 0 Å². The molecule has 2 aromatic carbocycles. The van der Waals surface area contributed by atoms with Gasteiger partial charge in [0.25, 0.3) is 5.91 Å². The molecule has 1 aliphatic carbocycles. The molecular weight excluding hydrogens is 329 g/mol. The lowest BCUT2D eigenvalue weighted by Crippen LogP contribution is -2.30. The van der Waals surface area contributed by atoms with Crippen molar-refractivity contribution in [2.75, 3.05) is 6.54 Å². The summed E-state index contributed by atoms with van der Waals surface area (Å²) in [7, 11) is 0. The molecule has 0 aliphatic heterocycles. The molecule has 1 amide bonds. The van der Waals surface area contributed by atoms with Gasteiger partial charge in [0.15, 0.2) is 5.69 Å². The number of nitrogens with one attached hydrogen (secondary N) is 1. The van der Waals surface area contributed by atoms with Crippen molar-refractivity contribution >= 4 is 5.91 Å². The molecule has 1 aliphatic rings. The highest BCUT2D eigenvalue weighted by atomic mass is 19.1. The largest absolute Gasteiger partial charge is 0.350 e. The van der Waals surface area contributed by atoms with Gasteiger partial charge in [0.05, 0.1) is 5.69 Å². The minimum atomic E-state index is -0.333. The molecular formula is C21H20FN3O. The molecule has 132 valence electrons. The molecule has 0 unspecified atom stereocenters. The van der Waals surface area contributed by atoms with Crippen molar-refractivity contribution in [3.05, 3.63) is 83.4 Å².